The van der Waals surface area contributed by atoms with Crippen LogP contribution in [0.1, 0.15) is 21.6 Å². The van der Waals surface area contributed by atoms with Gasteiger partial charge < -0.3 is 14.6 Å². The van der Waals surface area contributed by atoms with Crippen molar-refractivity contribution in [2.24, 2.45) is 0 Å². The quantitative estimate of drug-likeness (QED) is 0.374. The molecule has 4 aromatic rings. The molecule has 31 heavy (non-hydrogen) atoms. The summed E-state index contributed by atoms with van der Waals surface area (Å²) in [6.45, 7) is 2.25. The highest BCUT2D eigenvalue weighted by Crippen LogP contribution is 2.28. The number of benzene rings is 2. The summed E-state index contributed by atoms with van der Waals surface area (Å²) < 4.78 is 20.3. The van der Waals surface area contributed by atoms with E-state index in [1.807, 2.05) is 28.8 Å². The first-order valence-electron chi connectivity index (χ1n) is 9.66. The molecule has 0 aliphatic heterocycles. The number of para-hydroxylation sites is 1. The topological polar surface area (TPSA) is 73.2 Å². The van der Waals surface area contributed by atoms with E-state index in [-0.39, 0.29) is 5.82 Å². The Kier molecular flexibility index (Phi) is 5.49. The number of ketones is 1. The molecule has 0 spiro atoms. The predicted molar refractivity (Wildman–Crippen MR) is 116 cm³/mol. The summed E-state index contributed by atoms with van der Waals surface area (Å²) in [5.74, 6) is -1.36. The second kappa shape index (κ2) is 8.39. The van der Waals surface area contributed by atoms with E-state index >= 15 is 0 Å². The molecule has 0 saturated carbocycles. The first-order chi connectivity index (χ1) is 15.0. The molecule has 0 radical (unpaired) electrons. The molecular weight excluding hydrogens is 397 g/mol. The number of nitrogens with zero attached hydrogens (tertiary/aromatic N) is 2. The number of pyridine rings is 1. The SMILES string of the molecule is COc1cc(NC(=O)C(=O)c2c(C)n(Cc3ccc(F)cc3)c3ccccc23)ccn1. The molecule has 156 valence electrons. The van der Waals surface area contributed by atoms with Crippen molar-refractivity contribution in [1.82, 2.24) is 9.55 Å². The molecule has 1 amide bonds. The van der Waals surface area contributed by atoms with Crippen molar-refractivity contribution in [3.05, 3.63) is 89.5 Å². The maximum absolute atomic E-state index is 13.3. The van der Waals surface area contributed by atoms with Crippen LogP contribution in [0, 0.1) is 12.7 Å². The molecule has 4 rings (SSSR count). The fourth-order valence-corrected chi connectivity index (χ4v) is 3.59. The summed E-state index contributed by atoms with van der Waals surface area (Å²) in [5.41, 5.74) is 3.13. The van der Waals surface area contributed by atoms with Crippen LogP contribution in [-0.2, 0) is 11.3 Å². The zero-order valence-corrected chi connectivity index (χ0v) is 17.1. The molecular formula is C24H20FN3O3. The summed E-state index contributed by atoms with van der Waals surface area (Å²) in [6, 6.07) is 16.7. The van der Waals surface area contributed by atoms with Crippen molar-refractivity contribution < 1.29 is 18.7 Å². The summed E-state index contributed by atoms with van der Waals surface area (Å²) in [5, 5.41) is 3.30. The number of aromatic nitrogens is 2. The van der Waals surface area contributed by atoms with Crippen molar-refractivity contribution >= 4 is 28.3 Å². The lowest BCUT2D eigenvalue weighted by Gasteiger charge is -2.09. The summed E-state index contributed by atoms with van der Waals surface area (Å²) in [4.78, 5) is 29.9. The zero-order chi connectivity index (χ0) is 22.0. The fraction of sp³-hybridized carbons (Fsp3) is 0.125. The van der Waals surface area contributed by atoms with Gasteiger partial charge in [-0.3, -0.25) is 9.59 Å². The van der Waals surface area contributed by atoms with Gasteiger partial charge in [0, 0.05) is 41.1 Å². The lowest BCUT2D eigenvalue weighted by molar-refractivity contribution is -0.112. The number of rotatable bonds is 6. The average Bonchev–Trinajstić information content (AvgIpc) is 3.06. The Balaban J connectivity index is 1.69. The van der Waals surface area contributed by atoms with E-state index in [2.05, 4.69) is 10.3 Å². The minimum atomic E-state index is -0.749. The van der Waals surface area contributed by atoms with Gasteiger partial charge >= 0.3 is 0 Å². The van der Waals surface area contributed by atoms with Crippen molar-refractivity contribution in [3.8, 4) is 5.88 Å². The Morgan fingerprint density at radius 1 is 1.10 bits per heavy atom. The average molecular weight is 417 g/mol. The minimum Gasteiger partial charge on any atom is -0.481 e. The standard InChI is InChI=1S/C24H20FN3O3/c1-15-22(23(29)24(30)27-18-11-12-26-21(13-18)31-2)19-5-3-4-6-20(19)28(15)14-16-7-9-17(25)10-8-16/h3-13H,14H2,1-2H3,(H,26,27,30). The number of hydrogen-bond acceptors (Lipinski definition) is 4. The molecule has 2 aromatic heterocycles. The number of carbonyl (C=O) groups is 2. The highest BCUT2D eigenvalue weighted by Gasteiger charge is 2.25. The lowest BCUT2D eigenvalue weighted by atomic mass is 10.1. The number of halogens is 1. The van der Waals surface area contributed by atoms with Crippen LogP contribution in [0.4, 0.5) is 10.1 Å². The molecule has 0 saturated heterocycles. The van der Waals surface area contributed by atoms with Gasteiger partial charge in [0.25, 0.3) is 11.7 Å². The number of carbonyl (C=O) groups excluding carboxylic acids is 2. The van der Waals surface area contributed by atoms with Gasteiger partial charge in [0.1, 0.15) is 5.82 Å². The van der Waals surface area contributed by atoms with Gasteiger partial charge in [0.15, 0.2) is 0 Å². The van der Waals surface area contributed by atoms with Crippen LogP contribution in [0.5, 0.6) is 5.88 Å². The van der Waals surface area contributed by atoms with Crippen molar-refractivity contribution in [3.63, 3.8) is 0 Å². The number of Topliss-reactive ketones (excluding diaryl/α,β-unsaturated/α-hetero) is 1. The maximum atomic E-state index is 13.3. The second-order valence-electron chi connectivity index (χ2n) is 7.06. The summed E-state index contributed by atoms with van der Waals surface area (Å²) >= 11 is 0. The van der Waals surface area contributed by atoms with Gasteiger partial charge in [0.05, 0.1) is 12.7 Å². The highest BCUT2D eigenvalue weighted by atomic mass is 19.1. The predicted octanol–water partition coefficient (Wildman–Crippen LogP) is 4.36. The van der Waals surface area contributed by atoms with Crippen LogP contribution < -0.4 is 10.1 Å². The third kappa shape index (κ3) is 4.02. The minimum absolute atomic E-state index is 0.307. The Labute approximate surface area is 178 Å². The van der Waals surface area contributed by atoms with Crippen molar-refractivity contribution in [2.75, 3.05) is 12.4 Å². The Hall–Kier alpha value is -4.00. The monoisotopic (exact) mass is 417 g/mol. The highest BCUT2D eigenvalue weighted by molar-refractivity contribution is 6.48. The van der Waals surface area contributed by atoms with E-state index < -0.39 is 11.7 Å². The largest absolute Gasteiger partial charge is 0.481 e. The van der Waals surface area contributed by atoms with Gasteiger partial charge in [-0.15, -0.1) is 0 Å². The molecule has 2 heterocycles. The van der Waals surface area contributed by atoms with Crippen LogP contribution in [0.3, 0.4) is 0 Å². The normalized spacial score (nSPS) is 10.8. The number of methoxy groups -OCH3 is 1. The number of nitrogens with one attached hydrogen (secondary N) is 1. The van der Waals surface area contributed by atoms with Gasteiger partial charge in [0.2, 0.25) is 5.88 Å². The first kappa shape index (κ1) is 20.3. The van der Waals surface area contributed by atoms with Gasteiger partial charge in [-0.1, -0.05) is 30.3 Å². The second-order valence-corrected chi connectivity index (χ2v) is 7.06. The maximum Gasteiger partial charge on any atom is 0.296 e. The molecule has 0 aliphatic rings. The van der Waals surface area contributed by atoms with Crippen molar-refractivity contribution in [1.29, 1.82) is 0 Å². The molecule has 1 N–H and O–H groups in total. The third-order valence-corrected chi connectivity index (χ3v) is 5.12. The molecule has 7 heteroatoms. The zero-order valence-electron chi connectivity index (χ0n) is 17.1. The summed E-state index contributed by atoms with van der Waals surface area (Å²) in [7, 11) is 1.47. The van der Waals surface area contributed by atoms with E-state index in [4.69, 9.17) is 4.74 Å². The van der Waals surface area contributed by atoms with Gasteiger partial charge in [-0.25, -0.2) is 9.37 Å². The Morgan fingerprint density at radius 2 is 1.84 bits per heavy atom. The Morgan fingerprint density at radius 3 is 2.58 bits per heavy atom. The number of ether oxygens (including phenoxy) is 1. The number of anilines is 1. The molecule has 6 nitrogen and oxygen atoms in total. The molecule has 0 bridgehead atoms. The first-order valence-corrected chi connectivity index (χ1v) is 9.66. The molecule has 2 aromatic carbocycles. The lowest BCUT2D eigenvalue weighted by Crippen LogP contribution is -2.23. The van der Waals surface area contributed by atoms with E-state index in [1.54, 1.807) is 25.1 Å². The Bertz CT molecular complexity index is 1280. The van der Waals surface area contributed by atoms with Gasteiger partial charge in [-0.05, 0) is 36.8 Å². The van der Waals surface area contributed by atoms with Crippen molar-refractivity contribution in [2.45, 2.75) is 13.5 Å². The fourth-order valence-electron chi connectivity index (χ4n) is 3.59. The van der Waals surface area contributed by atoms with Gasteiger partial charge in [-0.2, -0.15) is 0 Å². The molecule has 0 atom stereocenters. The number of fused-ring (bicyclic) bond motifs is 1. The third-order valence-electron chi connectivity index (χ3n) is 5.12. The number of hydrogen-bond donors (Lipinski definition) is 1. The van der Waals surface area contributed by atoms with E-state index in [0.29, 0.717) is 34.8 Å². The number of amides is 1. The smallest absolute Gasteiger partial charge is 0.296 e. The van der Waals surface area contributed by atoms with Crippen LogP contribution in [0.25, 0.3) is 10.9 Å². The summed E-state index contributed by atoms with van der Waals surface area (Å²) in [6.07, 6.45) is 1.48. The molecule has 0 unspecified atom stereocenters. The molecule has 0 aliphatic carbocycles. The van der Waals surface area contributed by atoms with E-state index in [1.165, 1.54) is 31.5 Å². The van der Waals surface area contributed by atoms with Crippen LogP contribution in [-0.4, -0.2) is 28.4 Å². The van der Waals surface area contributed by atoms with E-state index in [0.717, 1.165) is 11.1 Å². The van der Waals surface area contributed by atoms with E-state index in [9.17, 15) is 14.0 Å². The van der Waals surface area contributed by atoms with Crippen LogP contribution in [0.2, 0.25) is 0 Å². The van der Waals surface area contributed by atoms with Crippen LogP contribution in [0.15, 0.2) is 66.9 Å². The van der Waals surface area contributed by atoms with Crippen LogP contribution >= 0.6 is 0 Å². The molecule has 0 fully saturated rings.